The van der Waals surface area contributed by atoms with Crippen molar-refractivity contribution in [2.45, 2.75) is 46.8 Å². The summed E-state index contributed by atoms with van der Waals surface area (Å²) in [5, 5.41) is 3.00. The highest BCUT2D eigenvalue weighted by atomic mass is 19.1. The van der Waals surface area contributed by atoms with Crippen LogP contribution in [-0.4, -0.2) is 26.7 Å². The van der Waals surface area contributed by atoms with Gasteiger partial charge < -0.3 is 5.32 Å². The number of benzene rings is 3. The van der Waals surface area contributed by atoms with Gasteiger partial charge in [0.05, 0.1) is 11.3 Å². The lowest BCUT2D eigenvalue weighted by Crippen LogP contribution is -2.32. The van der Waals surface area contributed by atoms with Crippen LogP contribution in [0.15, 0.2) is 65.5 Å². The highest BCUT2D eigenvalue weighted by Gasteiger charge is 2.25. The van der Waals surface area contributed by atoms with Gasteiger partial charge >= 0.3 is 0 Å². The summed E-state index contributed by atoms with van der Waals surface area (Å²) in [5.41, 5.74) is 8.16. The summed E-state index contributed by atoms with van der Waals surface area (Å²) < 4.78 is 17.3. The van der Waals surface area contributed by atoms with Gasteiger partial charge in [-0.15, -0.1) is 0 Å². The number of amides is 1. The van der Waals surface area contributed by atoms with Crippen molar-refractivity contribution in [3.8, 4) is 5.69 Å². The number of nitrogens with one attached hydrogen (secondary N) is 1. The van der Waals surface area contributed by atoms with Gasteiger partial charge in [0.2, 0.25) is 0 Å². The maximum absolute atomic E-state index is 13.8. The Morgan fingerprint density at radius 3 is 2.37 bits per heavy atom. The minimum Gasteiger partial charge on any atom is -0.348 e. The second-order valence-corrected chi connectivity index (χ2v) is 10.3. The van der Waals surface area contributed by atoms with E-state index in [1.165, 1.54) is 17.2 Å². The summed E-state index contributed by atoms with van der Waals surface area (Å²) in [6.45, 7) is 8.40. The smallest absolute Gasteiger partial charge is 0.276 e. The molecule has 2 heterocycles. The van der Waals surface area contributed by atoms with Gasteiger partial charge in [0.25, 0.3) is 11.5 Å². The Bertz CT molecular complexity index is 1570. The molecule has 0 unspecified atom stereocenters. The largest absolute Gasteiger partial charge is 0.348 e. The number of carbonyl (C=O) groups excluding carboxylic acids is 1. The number of hydrogen-bond donors (Lipinski definition) is 1. The average Bonchev–Trinajstić information content (AvgIpc) is 3.15. The van der Waals surface area contributed by atoms with Crippen LogP contribution < -0.4 is 10.9 Å². The van der Waals surface area contributed by atoms with E-state index in [0.29, 0.717) is 36.4 Å². The van der Waals surface area contributed by atoms with Crippen LogP contribution in [0.3, 0.4) is 0 Å². The zero-order valence-corrected chi connectivity index (χ0v) is 22.3. The summed E-state index contributed by atoms with van der Waals surface area (Å²) in [5.74, 6) is -0.380. The molecule has 0 radical (unpaired) electrons. The maximum atomic E-state index is 13.8. The van der Waals surface area contributed by atoms with Gasteiger partial charge in [-0.25, -0.2) is 9.07 Å². The summed E-state index contributed by atoms with van der Waals surface area (Å²) in [6.07, 6.45) is 0.757. The molecule has 4 aromatic rings. The lowest BCUT2D eigenvalue weighted by Gasteiger charge is -2.26. The van der Waals surface area contributed by atoms with E-state index >= 15 is 0 Å². The SMILES string of the molecule is Cc1ccc(CNC(=O)c2ccc(CN3CCc4c(c(=O)n(-c5ccc(F)c(C)c5)n4C)C3)cc2)cc1C. The van der Waals surface area contributed by atoms with Gasteiger partial charge in [-0.2, -0.15) is 0 Å². The second-order valence-electron chi connectivity index (χ2n) is 10.3. The third kappa shape index (κ3) is 5.07. The minimum absolute atomic E-state index is 0.0611. The molecule has 0 bridgehead atoms. The Kier molecular flexibility index (Phi) is 7.04. The van der Waals surface area contributed by atoms with E-state index in [9.17, 15) is 14.0 Å². The highest BCUT2D eigenvalue weighted by molar-refractivity contribution is 5.94. The molecule has 1 aromatic heterocycles. The van der Waals surface area contributed by atoms with Crippen molar-refractivity contribution in [3.05, 3.63) is 121 Å². The van der Waals surface area contributed by atoms with Crippen molar-refractivity contribution in [1.29, 1.82) is 0 Å². The fourth-order valence-electron chi connectivity index (χ4n) is 5.15. The van der Waals surface area contributed by atoms with E-state index in [1.807, 2.05) is 42.1 Å². The standard InChI is InChI=1S/C31H33FN4O2/c1-20-5-6-24(15-21(20)2)17-33-30(37)25-9-7-23(8-10-25)18-35-14-13-29-27(19-35)31(38)36(34(29)4)26-11-12-28(32)22(3)16-26/h5-12,15-16H,13-14,17-19H2,1-4H3,(H,33,37). The fraction of sp³-hybridized carbons (Fsp3) is 0.290. The van der Waals surface area contributed by atoms with Crippen LogP contribution in [0.5, 0.6) is 0 Å². The molecule has 0 spiro atoms. The van der Waals surface area contributed by atoms with Crippen LogP contribution in [0.2, 0.25) is 0 Å². The van der Waals surface area contributed by atoms with Crippen LogP contribution in [0, 0.1) is 26.6 Å². The van der Waals surface area contributed by atoms with Crippen LogP contribution in [0.25, 0.3) is 5.69 Å². The van der Waals surface area contributed by atoms with Gasteiger partial charge in [-0.05, 0) is 78.9 Å². The molecular formula is C31H33FN4O2. The van der Waals surface area contributed by atoms with Crippen LogP contribution >= 0.6 is 0 Å². The Morgan fingerprint density at radius 2 is 1.66 bits per heavy atom. The number of halogens is 1. The summed E-state index contributed by atoms with van der Waals surface area (Å²) in [4.78, 5) is 28.2. The molecule has 1 amide bonds. The van der Waals surface area contributed by atoms with Crippen molar-refractivity contribution in [2.24, 2.45) is 7.05 Å². The number of hydrogen-bond acceptors (Lipinski definition) is 3. The zero-order valence-electron chi connectivity index (χ0n) is 22.3. The predicted octanol–water partition coefficient (Wildman–Crippen LogP) is 4.73. The monoisotopic (exact) mass is 512 g/mol. The van der Waals surface area contributed by atoms with Gasteiger partial charge in [0, 0.05) is 50.9 Å². The number of aromatic nitrogens is 2. The maximum Gasteiger partial charge on any atom is 0.276 e. The molecular weight excluding hydrogens is 479 g/mol. The number of rotatable bonds is 6. The third-order valence-corrected chi connectivity index (χ3v) is 7.57. The highest BCUT2D eigenvalue weighted by Crippen LogP contribution is 2.21. The molecule has 1 N–H and O–H groups in total. The van der Waals surface area contributed by atoms with Gasteiger partial charge in [-0.1, -0.05) is 30.3 Å². The summed E-state index contributed by atoms with van der Waals surface area (Å²) in [6, 6.07) is 18.6. The van der Waals surface area contributed by atoms with Gasteiger partial charge in [-0.3, -0.25) is 19.2 Å². The number of nitrogens with zero attached hydrogens (tertiary/aromatic N) is 3. The average molecular weight is 513 g/mol. The molecule has 0 fully saturated rings. The molecule has 38 heavy (non-hydrogen) atoms. The molecule has 1 aliphatic rings. The molecule has 6 nitrogen and oxygen atoms in total. The molecule has 5 rings (SSSR count). The number of aryl methyl sites for hydroxylation is 3. The van der Waals surface area contributed by atoms with E-state index in [4.69, 9.17) is 0 Å². The molecule has 1 aliphatic heterocycles. The van der Waals surface area contributed by atoms with Crippen LogP contribution in [0.4, 0.5) is 4.39 Å². The lowest BCUT2D eigenvalue weighted by atomic mass is 10.1. The first kappa shape index (κ1) is 25.7. The first-order valence-electron chi connectivity index (χ1n) is 12.9. The normalized spacial score (nSPS) is 13.4. The molecule has 196 valence electrons. The van der Waals surface area contributed by atoms with Crippen molar-refractivity contribution in [1.82, 2.24) is 19.6 Å². The molecule has 0 atom stereocenters. The Morgan fingerprint density at radius 1 is 0.921 bits per heavy atom. The molecule has 0 saturated heterocycles. The summed E-state index contributed by atoms with van der Waals surface area (Å²) >= 11 is 0. The summed E-state index contributed by atoms with van der Waals surface area (Å²) in [7, 11) is 1.89. The van der Waals surface area contributed by atoms with E-state index in [2.05, 4.69) is 36.2 Å². The number of fused-ring (bicyclic) bond motifs is 1. The van der Waals surface area contributed by atoms with E-state index in [1.54, 1.807) is 23.7 Å². The third-order valence-electron chi connectivity index (χ3n) is 7.57. The van der Waals surface area contributed by atoms with Crippen LogP contribution in [0.1, 0.15) is 49.4 Å². The first-order chi connectivity index (χ1) is 18.2. The Balaban J connectivity index is 1.24. The first-order valence-corrected chi connectivity index (χ1v) is 12.9. The topological polar surface area (TPSA) is 59.3 Å². The Labute approximate surface area is 222 Å². The lowest BCUT2D eigenvalue weighted by molar-refractivity contribution is 0.0951. The van der Waals surface area contributed by atoms with Gasteiger partial charge in [0.1, 0.15) is 5.82 Å². The van der Waals surface area contributed by atoms with E-state index in [-0.39, 0.29) is 17.3 Å². The molecule has 0 aliphatic carbocycles. The molecule has 0 saturated carbocycles. The fourth-order valence-corrected chi connectivity index (χ4v) is 5.15. The van der Waals surface area contributed by atoms with Crippen molar-refractivity contribution < 1.29 is 9.18 Å². The Hall–Kier alpha value is -3.97. The van der Waals surface area contributed by atoms with Crippen molar-refractivity contribution in [2.75, 3.05) is 6.54 Å². The van der Waals surface area contributed by atoms with E-state index < -0.39 is 0 Å². The predicted molar refractivity (Wildman–Crippen MR) is 147 cm³/mol. The van der Waals surface area contributed by atoms with E-state index in [0.717, 1.165) is 35.3 Å². The molecule has 3 aromatic carbocycles. The minimum atomic E-state index is -0.281. The van der Waals surface area contributed by atoms with Crippen molar-refractivity contribution >= 4 is 5.91 Å². The quantitative estimate of drug-likeness (QED) is 0.407. The van der Waals surface area contributed by atoms with Crippen molar-refractivity contribution in [3.63, 3.8) is 0 Å². The van der Waals surface area contributed by atoms with Crippen LogP contribution in [-0.2, 0) is 33.1 Å². The zero-order chi connectivity index (χ0) is 27.0. The van der Waals surface area contributed by atoms with Gasteiger partial charge in [0.15, 0.2) is 0 Å². The number of carbonyl (C=O) groups is 1. The second kappa shape index (κ2) is 10.4. The molecule has 7 heteroatoms.